The number of carbonyl (C=O) groups excluding carboxylic acids is 2. The van der Waals surface area contributed by atoms with E-state index in [-0.39, 0.29) is 54.1 Å². The molecule has 33 heavy (non-hydrogen) atoms. The fraction of sp³-hybridized carbons (Fsp3) is 0.808. The minimum atomic E-state index is -1.10. The molecule has 1 saturated heterocycles. The number of carboxylic acid groups (broad SMARTS) is 1. The standard InChI is InChI=1S/C26H36O7/c1-14(2)32-22(30)17-12-15-11-16(27)5-8-23(15,3)26-19(33-26)13-24(4)18(21(17)26)6-9-25(24,31)10-7-20(28)29/h11,14,17-19,21,31H,5-10,12-13H2,1-4H3,(H,28,29)/t17?,18-,19?,21-,23-,24-,25-,26?/m0/s1. The van der Waals surface area contributed by atoms with E-state index in [4.69, 9.17) is 9.47 Å². The fourth-order valence-electron chi connectivity index (χ4n) is 8.39. The second-order valence-electron chi connectivity index (χ2n) is 11.9. The number of carbonyl (C=O) groups is 3. The minimum absolute atomic E-state index is 0.0239. The van der Waals surface area contributed by atoms with Crippen molar-refractivity contribution in [2.24, 2.45) is 28.6 Å². The summed E-state index contributed by atoms with van der Waals surface area (Å²) in [4.78, 5) is 37.0. The lowest BCUT2D eigenvalue weighted by Crippen LogP contribution is -2.63. The van der Waals surface area contributed by atoms with Crippen LogP contribution in [0.1, 0.15) is 79.1 Å². The number of ether oxygens (including phenoxy) is 2. The van der Waals surface area contributed by atoms with Gasteiger partial charge < -0.3 is 19.7 Å². The van der Waals surface area contributed by atoms with Gasteiger partial charge in [0, 0.05) is 29.6 Å². The Bertz CT molecular complexity index is 939. The molecule has 1 heterocycles. The van der Waals surface area contributed by atoms with Crippen molar-refractivity contribution in [2.75, 3.05) is 0 Å². The van der Waals surface area contributed by atoms with Gasteiger partial charge in [-0.15, -0.1) is 0 Å². The molecule has 182 valence electrons. The van der Waals surface area contributed by atoms with Crippen LogP contribution in [0.4, 0.5) is 0 Å². The average Bonchev–Trinajstić information content (AvgIpc) is 3.38. The molecule has 0 aromatic heterocycles. The van der Waals surface area contributed by atoms with Crippen LogP contribution < -0.4 is 0 Å². The van der Waals surface area contributed by atoms with Gasteiger partial charge in [-0.05, 0) is 64.4 Å². The number of carboxylic acids is 1. The van der Waals surface area contributed by atoms with Gasteiger partial charge in [0.2, 0.25) is 0 Å². The molecule has 1 spiro atoms. The lowest BCUT2D eigenvalue weighted by atomic mass is 9.43. The lowest BCUT2D eigenvalue weighted by molar-refractivity contribution is -0.169. The van der Waals surface area contributed by atoms with E-state index in [1.807, 2.05) is 13.8 Å². The zero-order chi connectivity index (χ0) is 24.0. The van der Waals surface area contributed by atoms with Crippen LogP contribution in [0.25, 0.3) is 0 Å². The predicted molar refractivity (Wildman–Crippen MR) is 118 cm³/mol. The molecule has 4 aliphatic carbocycles. The van der Waals surface area contributed by atoms with E-state index >= 15 is 0 Å². The highest BCUT2D eigenvalue weighted by Gasteiger charge is 2.82. The maximum atomic E-state index is 13.4. The van der Waals surface area contributed by atoms with Crippen molar-refractivity contribution in [3.8, 4) is 0 Å². The van der Waals surface area contributed by atoms with Crippen molar-refractivity contribution in [3.05, 3.63) is 11.6 Å². The second kappa shape index (κ2) is 7.14. The Morgan fingerprint density at radius 2 is 2.00 bits per heavy atom. The van der Waals surface area contributed by atoms with Gasteiger partial charge >= 0.3 is 11.9 Å². The SMILES string of the molecule is CC(C)OC(=O)C1CC2=CC(=O)CC[C@]2(C)C23OC2C[C@@]2(C)[C@@H](CC[C@]2(O)CCC(=O)O)[C@H]13. The zero-order valence-corrected chi connectivity index (χ0v) is 20.1. The van der Waals surface area contributed by atoms with E-state index in [0.29, 0.717) is 32.1 Å². The third kappa shape index (κ3) is 2.97. The molecule has 0 bridgehead atoms. The Morgan fingerprint density at radius 3 is 2.67 bits per heavy atom. The highest BCUT2D eigenvalue weighted by Crippen LogP contribution is 2.77. The first-order chi connectivity index (χ1) is 15.4. The summed E-state index contributed by atoms with van der Waals surface area (Å²) in [6, 6.07) is 0. The minimum Gasteiger partial charge on any atom is -0.481 e. The number of aliphatic carboxylic acids is 1. The summed E-state index contributed by atoms with van der Waals surface area (Å²) < 4.78 is 12.3. The number of hydrogen-bond donors (Lipinski definition) is 2. The van der Waals surface area contributed by atoms with Crippen LogP contribution in [0.3, 0.4) is 0 Å². The van der Waals surface area contributed by atoms with Crippen molar-refractivity contribution >= 4 is 17.7 Å². The van der Waals surface area contributed by atoms with Gasteiger partial charge in [-0.25, -0.2) is 0 Å². The Balaban J connectivity index is 1.58. The molecular formula is C26H36O7. The molecule has 7 nitrogen and oxygen atoms in total. The van der Waals surface area contributed by atoms with Crippen LogP contribution >= 0.6 is 0 Å². The number of esters is 1. The number of hydrogen-bond acceptors (Lipinski definition) is 6. The maximum Gasteiger partial charge on any atom is 0.309 e. The molecule has 1 aliphatic heterocycles. The normalized spacial score (nSPS) is 47.7. The van der Waals surface area contributed by atoms with Gasteiger partial charge in [0.15, 0.2) is 5.78 Å². The number of fused-ring (bicyclic) bond motifs is 3. The molecule has 2 N–H and O–H groups in total. The molecule has 0 amide bonds. The quantitative estimate of drug-likeness (QED) is 0.477. The highest BCUT2D eigenvalue weighted by atomic mass is 16.6. The van der Waals surface area contributed by atoms with E-state index in [2.05, 4.69) is 13.8 Å². The molecule has 0 radical (unpaired) electrons. The van der Waals surface area contributed by atoms with Crippen LogP contribution in [0, 0.1) is 28.6 Å². The van der Waals surface area contributed by atoms with Crippen LogP contribution in [0.2, 0.25) is 0 Å². The summed E-state index contributed by atoms with van der Waals surface area (Å²) in [6.07, 6.45) is 5.10. The molecule has 0 aromatic rings. The van der Waals surface area contributed by atoms with Crippen molar-refractivity contribution in [1.29, 1.82) is 0 Å². The predicted octanol–water partition coefficient (Wildman–Crippen LogP) is 3.42. The second-order valence-corrected chi connectivity index (χ2v) is 11.9. The third-order valence-corrected chi connectivity index (χ3v) is 10.1. The van der Waals surface area contributed by atoms with E-state index in [9.17, 15) is 24.6 Å². The summed E-state index contributed by atoms with van der Waals surface area (Å²) in [5.74, 6) is -1.59. The highest BCUT2D eigenvalue weighted by molar-refractivity contribution is 5.92. The smallest absolute Gasteiger partial charge is 0.309 e. The van der Waals surface area contributed by atoms with Gasteiger partial charge in [0.1, 0.15) is 5.60 Å². The van der Waals surface area contributed by atoms with E-state index in [0.717, 1.165) is 12.0 Å². The number of ketones is 1. The van der Waals surface area contributed by atoms with Crippen molar-refractivity contribution in [2.45, 2.75) is 102 Å². The van der Waals surface area contributed by atoms with Crippen molar-refractivity contribution < 1.29 is 34.1 Å². The Hall–Kier alpha value is -1.73. The van der Waals surface area contributed by atoms with Crippen LogP contribution in [-0.2, 0) is 23.9 Å². The molecule has 4 fully saturated rings. The van der Waals surface area contributed by atoms with Gasteiger partial charge in [-0.2, -0.15) is 0 Å². The largest absolute Gasteiger partial charge is 0.481 e. The van der Waals surface area contributed by atoms with Crippen LogP contribution in [0.5, 0.6) is 0 Å². The van der Waals surface area contributed by atoms with Crippen LogP contribution in [-0.4, -0.2) is 51.3 Å². The first-order valence-electron chi connectivity index (χ1n) is 12.4. The molecular weight excluding hydrogens is 424 g/mol. The Labute approximate surface area is 194 Å². The lowest BCUT2D eigenvalue weighted by Gasteiger charge is -2.58. The molecule has 5 aliphatic rings. The van der Waals surface area contributed by atoms with Crippen LogP contribution in [0.15, 0.2) is 11.6 Å². The molecule has 3 unspecified atom stereocenters. The number of aliphatic hydroxyl groups is 1. The Morgan fingerprint density at radius 1 is 1.27 bits per heavy atom. The van der Waals surface area contributed by atoms with Gasteiger partial charge in [0.05, 0.1) is 23.7 Å². The van der Waals surface area contributed by atoms with Gasteiger partial charge in [-0.1, -0.05) is 19.4 Å². The zero-order valence-electron chi connectivity index (χ0n) is 20.1. The molecule has 8 atom stereocenters. The fourth-order valence-corrected chi connectivity index (χ4v) is 8.39. The summed E-state index contributed by atoms with van der Waals surface area (Å²) in [5, 5.41) is 21.0. The van der Waals surface area contributed by atoms with Crippen molar-refractivity contribution in [3.63, 3.8) is 0 Å². The molecule has 3 saturated carbocycles. The topological polar surface area (TPSA) is 113 Å². The molecule has 7 heteroatoms. The third-order valence-electron chi connectivity index (χ3n) is 10.1. The van der Waals surface area contributed by atoms with E-state index in [1.54, 1.807) is 6.08 Å². The monoisotopic (exact) mass is 460 g/mol. The summed E-state index contributed by atoms with van der Waals surface area (Å²) in [6.45, 7) is 7.94. The summed E-state index contributed by atoms with van der Waals surface area (Å²) >= 11 is 0. The summed E-state index contributed by atoms with van der Waals surface area (Å²) in [7, 11) is 0. The summed E-state index contributed by atoms with van der Waals surface area (Å²) in [5.41, 5.74) is -1.46. The average molecular weight is 461 g/mol. The van der Waals surface area contributed by atoms with Crippen molar-refractivity contribution in [1.82, 2.24) is 0 Å². The van der Waals surface area contributed by atoms with Gasteiger partial charge in [-0.3, -0.25) is 14.4 Å². The van der Waals surface area contributed by atoms with E-state index < -0.39 is 28.5 Å². The molecule has 0 aromatic carbocycles. The number of epoxide rings is 1. The number of rotatable bonds is 5. The Kier molecular flexibility index (Phi) is 4.98. The van der Waals surface area contributed by atoms with Gasteiger partial charge in [0.25, 0.3) is 0 Å². The first kappa shape index (κ1) is 23.0. The van der Waals surface area contributed by atoms with E-state index in [1.165, 1.54) is 0 Å². The first-order valence-corrected chi connectivity index (χ1v) is 12.4. The maximum absolute atomic E-state index is 13.4. The molecule has 5 rings (SSSR count).